The minimum absolute atomic E-state index is 0.0158. The molecule has 1 N–H and O–H groups in total. The van der Waals surface area contributed by atoms with Gasteiger partial charge in [-0.25, -0.2) is 4.98 Å². The summed E-state index contributed by atoms with van der Waals surface area (Å²) >= 11 is 0. The lowest BCUT2D eigenvalue weighted by molar-refractivity contribution is -0.132. The summed E-state index contributed by atoms with van der Waals surface area (Å²) in [5.74, 6) is 0.961. The smallest absolute Gasteiger partial charge is 0.223 e. The molecule has 0 bridgehead atoms. The van der Waals surface area contributed by atoms with Gasteiger partial charge in [-0.05, 0) is 43.5 Å². The Kier molecular flexibility index (Phi) is 6.11. The average molecular weight is 549 g/mol. The molecule has 0 unspecified atom stereocenters. The predicted octanol–water partition coefficient (Wildman–Crippen LogP) is 6.36. The number of ether oxygens (including phenoxy) is 2. The van der Waals surface area contributed by atoms with Crippen LogP contribution < -0.4 is 14.9 Å². The van der Waals surface area contributed by atoms with E-state index in [2.05, 4.69) is 0 Å². The molecule has 4 heterocycles. The summed E-state index contributed by atoms with van der Waals surface area (Å²) in [5.41, 5.74) is 2.52. The van der Waals surface area contributed by atoms with E-state index in [0.29, 0.717) is 39.8 Å². The van der Waals surface area contributed by atoms with Gasteiger partial charge in [0.05, 0.1) is 12.6 Å². The predicted molar refractivity (Wildman–Crippen MR) is 155 cm³/mol. The number of rotatable bonds is 4. The van der Waals surface area contributed by atoms with Crippen LogP contribution in [0.15, 0.2) is 75.9 Å². The summed E-state index contributed by atoms with van der Waals surface area (Å²) in [6.07, 6.45) is 3.21. The number of methoxy groups -OCH3 is 1. The van der Waals surface area contributed by atoms with Crippen molar-refractivity contribution in [2.45, 2.75) is 31.6 Å². The molecule has 206 valence electrons. The number of benzene rings is 3. The molecule has 2 aliphatic rings. The maximum absolute atomic E-state index is 13.7. The minimum Gasteiger partial charge on any atom is -0.507 e. The van der Waals surface area contributed by atoms with Crippen LogP contribution in [0.2, 0.25) is 0 Å². The molecule has 5 aromatic rings. The van der Waals surface area contributed by atoms with Gasteiger partial charge in [0.15, 0.2) is 5.43 Å². The summed E-state index contributed by atoms with van der Waals surface area (Å²) in [6, 6.07) is 19.7. The van der Waals surface area contributed by atoms with E-state index in [9.17, 15) is 14.7 Å². The van der Waals surface area contributed by atoms with Crippen LogP contribution in [0.25, 0.3) is 33.2 Å². The first-order valence-electron chi connectivity index (χ1n) is 13.8. The largest absolute Gasteiger partial charge is 0.507 e. The van der Waals surface area contributed by atoms with Crippen molar-refractivity contribution in [2.75, 3.05) is 20.2 Å². The van der Waals surface area contributed by atoms with E-state index in [1.165, 1.54) is 12.1 Å². The molecular formula is C33H28N2O6. The number of phenols is 1. The third-order valence-electron chi connectivity index (χ3n) is 8.07. The van der Waals surface area contributed by atoms with Gasteiger partial charge in [0, 0.05) is 59.6 Å². The highest BCUT2D eigenvalue weighted by Crippen LogP contribution is 2.51. The monoisotopic (exact) mass is 548 g/mol. The lowest BCUT2D eigenvalue weighted by atomic mass is 9.84. The molecule has 1 amide bonds. The van der Waals surface area contributed by atoms with Gasteiger partial charge < -0.3 is 23.9 Å². The minimum atomic E-state index is -0.524. The van der Waals surface area contributed by atoms with Gasteiger partial charge in [0.1, 0.15) is 34.0 Å². The standard InChI is InChI=1S/C33H28N2O6/c1-39-21-10-11-24-20(14-21)15-23-22(16-29(38)35-12-6-3-7-13-35)30-28(41-33(23)34-24)18-26(37)31-25(36)17-27(40-32(30)31)19-8-4-2-5-9-19/h2,4-5,8-11,14-15,17-18,22,37H,3,6-7,12-13,16H2,1H3/t22-/m0/s1. The summed E-state index contributed by atoms with van der Waals surface area (Å²) in [4.78, 5) is 33.8. The maximum Gasteiger partial charge on any atom is 0.223 e. The molecule has 0 radical (unpaired) electrons. The van der Waals surface area contributed by atoms with Crippen molar-refractivity contribution in [3.63, 3.8) is 0 Å². The van der Waals surface area contributed by atoms with Crippen molar-refractivity contribution >= 4 is 27.8 Å². The van der Waals surface area contributed by atoms with Gasteiger partial charge >= 0.3 is 0 Å². The molecule has 1 atom stereocenters. The molecule has 41 heavy (non-hydrogen) atoms. The van der Waals surface area contributed by atoms with Crippen molar-refractivity contribution in [3.8, 4) is 34.5 Å². The van der Waals surface area contributed by atoms with E-state index < -0.39 is 5.92 Å². The first kappa shape index (κ1) is 25.1. The van der Waals surface area contributed by atoms with Crippen molar-refractivity contribution in [2.24, 2.45) is 0 Å². The highest BCUT2D eigenvalue weighted by molar-refractivity contribution is 5.92. The topological polar surface area (TPSA) is 102 Å². The lowest BCUT2D eigenvalue weighted by Gasteiger charge is -2.32. The number of fused-ring (bicyclic) bond motifs is 5. The van der Waals surface area contributed by atoms with Gasteiger partial charge in [-0.2, -0.15) is 0 Å². The van der Waals surface area contributed by atoms with E-state index in [4.69, 9.17) is 18.9 Å². The second-order valence-electron chi connectivity index (χ2n) is 10.6. The number of nitrogens with zero attached hydrogens (tertiary/aromatic N) is 2. The zero-order valence-corrected chi connectivity index (χ0v) is 22.6. The molecule has 0 aliphatic carbocycles. The first-order valence-corrected chi connectivity index (χ1v) is 13.8. The number of carbonyl (C=O) groups excluding carboxylic acids is 1. The zero-order valence-electron chi connectivity index (χ0n) is 22.6. The van der Waals surface area contributed by atoms with Crippen LogP contribution in [0.5, 0.6) is 23.1 Å². The number of hydrogen-bond acceptors (Lipinski definition) is 7. The highest BCUT2D eigenvalue weighted by atomic mass is 16.5. The highest BCUT2D eigenvalue weighted by Gasteiger charge is 2.36. The van der Waals surface area contributed by atoms with Crippen LogP contribution in [-0.2, 0) is 4.79 Å². The number of hydrogen-bond donors (Lipinski definition) is 1. The quantitative estimate of drug-likeness (QED) is 0.279. The van der Waals surface area contributed by atoms with Crippen LogP contribution >= 0.6 is 0 Å². The number of aromatic hydroxyl groups is 1. The van der Waals surface area contributed by atoms with Crippen molar-refractivity contribution in [1.82, 2.24) is 9.88 Å². The molecule has 0 saturated carbocycles. The number of pyridine rings is 1. The maximum atomic E-state index is 13.7. The number of piperidine rings is 1. The number of phenolic OH excluding ortho intramolecular Hbond substituents is 1. The van der Waals surface area contributed by atoms with Gasteiger partial charge in [0.25, 0.3) is 0 Å². The molecule has 7 rings (SSSR count). The molecule has 8 nitrogen and oxygen atoms in total. The number of carbonyl (C=O) groups is 1. The van der Waals surface area contributed by atoms with Crippen LogP contribution in [0.1, 0.15) is 42.7 Å². The van der Waals surface area contributed by atoms with Crippen LogP contribution in [-0.4, -0.2) is 41.1 Å². The van der Waals surface area contributed by atoms with E-state index in [0.717, 1.165) is 43.3 Å². The number of likely N-dealkylation sites (tertiary alicyclic amines) is 1. The SMILES string of the molecule is COc1ccc2nc3c(cc2c1)[C@H](CC(=O)N1CCCCC1)c1c(cc(O)c2c(=O)cc(-c4ccccc4)oc12)O3. The van der Waals surface area contributed by atoms with Gasteiger partial charge in [-0.1, -0.05) is 30.3 Å². The van der Waals surface area contributed by atoms with Crippen LogP contribution in [0.3, 0.4) is 0 Å². The number of aromatic nitrogens is 1. The fraction of sp³-hybridized carbons (Fsp3) is 0.242. The Morgan fingerprint density at radius 2 is 1.85 bits per heavy atom. The van der Waals surface area contributed by atoms with Crippen LogP contribution in [0.4, 0.5) is 0 Å². The summed E-state index contributed by atoms with van der Waals surface area (Å²) < 4.78 is 18.1. The number of amides is 1. The third-order valence-corrected chi connectivity index (χ3v) is 8.07. The van der Waals surface area contributed by atoms with Crippen molar-refractivity contribution in [1.29, 1.82) is 0 Å². The van der Waals surface area contributed by atoms with E-state index in [-0.39, 0.29) is 34.5 Å². The fourth-order valence-corrected chi connectivity index (χ4v) is 6.00. The molecule has 3 aromatic carbocycles. The normalized spacial score (nSPS) is 16.2. The lowest BCUT2D eigenvalue weighted by Crippen LogP contribution is -2.36. The Morgan fingerprint density at radius 1 is 1.05 bits per heavy atom. The van der Waals surface area contributed by atoms with Crippen LogP contribution in [0, 0.1) is 0 Å². The third kappa shape index (κ3) is 4.36. The Balaban J connectivity index is 1.47. The molecule has 8 heteroatoms. The summed E-state index contributed by atoms with van der Waals surface area (Å²) in [6.45, 7) is 1.44. The molecular weight excluding hydrogens is 520 g/mol. The summed E-state index contributed by atoms with van der Waals surface area (Å²) in [7, 11) is 1.61. The molecule has 1 fully saturated rings. The molecule has 0 spiro atoms. The van der Waals surface area contributed by atoms with E-state index >= 15 is 0 Å². The summed E-state index contributed by atoms with van der Waals surface area (Å²) in [5, 5.41) is 11.9. The Hall–Kier alpha value is -4.85. The fourth-order valence-electron chi connectivity index (χ4n) is 6.00. The Bertz CT molecular complexity index is 1880. The second-order valence-corrected chi connectivity index (χ2v) is 10.6. The molecule has 2 aromatic heterocycles. The van der Waals surface area contributed by atoms with Gasteiger partial charge in [-0.15, -0.1) is 0 Å². The average Bonchev–Trinajstić information content (AvgIpc) is 3.00. The van der Waals surface area contributed by atoms with Gasteiger partial charge in [0.2, 0.25) is 11.8 Å². The zero-order chi connectivity index (χ0) is 28.1. The molecule has 2 aliphatic heterocycles. The molecule has 1 saturated heterocycles. The van der Waals surface area contributed by atoms with Crippen molar-refractivity contribution < 1.29 is 23.8 Å². The first-order chi connectivity index (χ1) is 20.0. The van der Waals surface area contributed by atoms with Crippen molar-refractivity contribution in [3.05, 3.63) is 88.1 Å². The Labute approximate surface area is 235 Å². The van der Waals surface area contributed by atoms with Gasteiger partial charge in [-0.3, -0.25) is 9.59 Å². The second kappa shape index (κ2) is 9.96. The van der Waals surface area contributed by atoms with E-state index in [1.54, 1.807) is 7.11 Å². The van der Waals surface area contributed by atoms with E-state index in [1.807, 2.05) is 59.5 Å². The Morgan fingerprint density at radius 3 is 2.63 bits per heavy atom.